The van der Waals surface area contributed by atoms with Gasteiger partial charge < -0.3 is 10.2 Å². The van der Waals surface area contributed by atoms with E-state index >= 15 is 0 Å². The number of phenolic OH excluding ortho intramolecular Hbond substituents is 2. The van der Waals surface area contributed by atoms with E-state index in [1.165, 1.54) is 11.1 Å². The Bertz CT molecular complexity index is 557. The Morgan fingerprint density at radius 3 is 1.30 bits per heavy atom. The number of benzene rings is 2. The largest absolute Gasteiger partial charge is 0.508 e. The molecule has 2 nitrogen and oxygen atoms in total. The number of aromatic hydroxyl groups is 2. The van der Waals surface area contributed by atoms with Crippen molar-refractivity contribution in [2.24, 2.45) is 0 Å². The van der Waals surface area contributed by atoms with E-state index in [1.807, 2.05) is 12.1 Å². The Morgan fingerprint density at radius 2 is 1.00 bits per heavy atom. The molecular formula is C18H22O2. The lowest BCUT2D eigenvalue weighted by molar-refractivity contribution is 0.473. The van der Waals surface area contributed by atoms with E-state index in [0.717, 1.165) is 11.1 Å². The van der Waals surface area contributed by atoms with Crippen molar-refractivity contribution in [3.8, 4) is 22.6 Å². The van der Waals surface area contributed by atoms with E-state index in [4.69, 9.17) is 0 Å². The summed E-state index contributed by atoms with van der Waals surface area (Å²) in [6.45, 7) is 8.53. The van der Waals surface area contributed by atoms with E-state index in [9.17, 15) is 10.2 Å². The average molecular weight is 270 g/mol. The standard InChI is InChI=1S/C18H22O2/c1-11(2)15-7-5-13(19)9-17(15)18-10-14(20)6-8-16(18)12(3)4/h5-12,19-20H,1-4H3. The number of hydrogen-bond acceptors (Lipinski definition) is 2. The molecule has 0 unspecified atom stereocenters. The zero-order valence-electron chi connectivity index (χ0n) is 12.5. The van der Waals surface area contributed by atoms with Crippen molar-refractivity contribution in [1.82, 2.24) is 0 Å². The van der Waals surface area contributed by atoms with Crippen LogP contribution in [0.4, 0.5) is 0 Å². The highest BCUT2D eigenvalue weighted by molar-refractivity contribution is 5.74. The van der Waals surface area contributed by atoms with Gasteiger partial charge in [0, 0.05) is 0 Å². The van der Waals surface area contributed by atoms with Gasteiger partial charge in [0.1, 0.15) is 11.5 Å². The Labute approximate surface area is 120 Å². The van der Waals surface area contributed by atoms with Crippen molar-refractivity contribution in [3.63, 3.8) is 0 Å². The summed E-state index contributed by atoms with van der Waals surface area (Å²) < 4.78 is 0. The molecule has 0 aromatic heterocycles. The highest BCUT2D eigenvalue weighted by Crippen LogP contribution is 2.38. The molecule has 2 aromatic carbocycles. The second-order valence-electron chi connectivity index (χ2n) is 5.85. The Balaban J connectivity index is 2.73. The predicted octanol–water partition coefficient (Wildman–Crippen LogP) is 5.01. The van der Waals surface area contributed by atoms with Crippen LogP contribution in [0.1, 0.15) is 50.7 Å². The summed E-state index contributed by atoms with van der Waals surface area (Å²) in [6, 6.07) is 10.9. The molecule has 0 saturated carbocycles. The molecule has 0 saturated heterocycles. The topological polar surface area (TPSA) is 40.5 Å². The van der Waals surface area contributed by atoms with Gasteiger partial charge in [-0.2, -0.15) is 0 Å². The summed E-state index contributed by atoms with van der Waals surface area (Å²) >= 11 is 0. The van der Waals surface area contributed by atoms with Gasteiger partial charge in [0.05, 0.1) is 0 Å². The fourth-order valence-corrected chi connectivity index (χ4v) is 2.56. The Hall–Kier alpha value is -1.96. The molecule has 0 heterocycles. The molecule has 0 atom stereocenters. The third-order valence-corrected chi connectivity index (χ3v) is 3.61. The van der Waals surface area contributed by atoms with Gasteiger partial charge in [-0.05, 0) is 58.4 Å². The zero-order chi connectivity index (χ0) is 14.9. The van der Waals surface area contributed by atoms with Gasteiger partial charge in [-0.3, -0.25) is 0 Å². The van der Waals surface area contributed by atoms with Crippen LogP contribution in [0.5, 0.6) is 11.5 Å². The highest BCUT2D eigenvalue weighted by Gasteiger charge is 2.15. The molecule has 2 rings (SSSR count). The second-order valence-corrected chi connectivity index (χ2v) is 5.85. The molecule has 0 amide bonds. The van der Waals surface area contributed by atoms with Crippen molar-refractivity contribution in [2.75, 3.05) is 0 Å². The van der Waals surface area contributed by atoms with E-state index < -0.39 is 0 Å². The molecule has 0 aliphatic carbocycles. The lowest BCUT2D eigenvalue weighted by Crippen LogP contribution is -1.97. The second kappa shape index (κ2) is 5.58. The molecule has 0 fully saturated rings. The summed E-state index contributed by atoms with van der Waals surface area (Å²) in [6.07, 6.45) is 0. The minimum absolute atomic E-state index is 0.252. The minimum atomic E-state index is 0.252. The molecule has 2 aromatic rings. The maximum absolute atomic E-state index is 9.82. The monoisotopic (exact) mass is 270 g/mol. The number of hydrogen-bond donors (Lipinski definition) is 2. The molecule has 0 aliphatic heterocycles. The first-order valence-corrected chi connectivity index (χ1v) is 7.06. The molecular weight excluding hydrogens is 248 g/mol. The molecule has 2 heteroatoms. The van der Waals surface area contributed by atoms with Crippen molar-refractivity contribution >= 4 is 0 Å². The first-order chi connectivity index (χ1) is 9.40. The lowest BCUT2D eigenvalue weighted by Gasteiger charge is -2.18. The first-order valence-electron chi connectivity index (χ1n) is 7.06. The van der Waals surface area contributed by atoms with Crippen LogP contribution in [0.2, 0.25) is 0 Å². The molecule has 20 heavy (non-hydrogen) atoms. The van der Waals surface area contributed by atoms with Crippen LogP contribution in [0.25, 0.3) is 11.1 Å². The quantitative estimate of drug-likeness (QED) is 0.822. The van der Waals surface area contributed by atoms with Crippen molar-refractivity contribution in [2.45, 2.75) is 39.5 Å². The van der Waals surface area contributed by atoms with E-state index in [1.54, 1.807) is 24.3 Å². The smallest absolute Gasteiger partial charge is 0.116 e. The van der Waals surface area contributed by atoms with E-state index in [-0.39, 0.29) is 11.5 Å². The van der Waals surface area contributed by atoms with E-state index in [0.29, 0.717) is 11.8 Å². The Morgan fingerprint density at radius 1 is 0.650 bits per heavy atom. The summed E-state index contributed by atoms with van der Waals surface area (Å²) in [5, 5.41) is 19.6. The van der Waals surface area contributed by atoms with Crippen molar-refractivity contribution in [1.29, 1.82) is 0 Å². The van der Waals surface area contributed by atoms with Gasteiger partial charge in [-0.1, -0.05) is 39.8 Å². The zero-order valence-corrected chi connectivity index (χ0v) is 12.5. The van der Waals surface area contributed by atoms with Crippen LogP contribution >= 0.6 is 0 Å². The van der Waals surface area contributed by atoms with Gasteiger partial charge in [0.2, 0.25) is 0 Å². The van der Waals surface area contributed by atoms with Crippen LogP contribution in [0.3, 0.4) is 0 Å². The van der Waals surface area contributed by atoms with Gasteiger partial charge in [0.15, 0.2) is 0 Å². The predicted molar refractivity (Wildman–Crippen MR) is 83.4 cm³/mol. The summed E-state index contributed by atoms with van der Waals surface area (Å²) in [5.74, 6) is 1.21. The van der Waals surface area contributed by atoms with Gasteiger partial charge in [-0.15, -0.1) is 0 Å². The van der Waals surface area contributed by atoms with Gasteiger partial charge in [-0.25, -0.2) is 0 Å². The summed E-state index contributed by atoms with van der Waals surface area (Å²) in [5.41, 5.74) is 4.35. The average Bonchev–Trinajstić information content (AvgIpc) is 2.37. The maximum atomic E-state index is 9.82. The third kappa shape index (κ3) is 2.79. The SMILES string of the molecule is CC(C)c1ccc(O)cc1-c1cc(O)ccc1C(C)C. The maximum Gasteiger partial charge on any atom is 0.116 e. The fraction of sp³-hybridized carbons (Fsp3) is 0.333. The van der Waals surface area contributed by atoms with Crippen molar-refractivity contribution in [3.05, 3.63) is 47.5 Å². The van der Waals surface area contributed by atoms with Crippen LogP contribution < -0.4 is 0 Å². The number of phenols is 2. The van der Waals surface area contributed by atoms with Gasteiger partial charge in [0.25, 0.3) is 0 Å². The number of rotatable bonds is 3. The van der Waals surface area contributed by atoms with Crippen LogP contribution in [-0.2, 0) is 0 Å². The van der Waals surface area contributed by atoms with Gasteiger partial charge >= 0.3 is 0 Å². The molecule has 2 N–H and O–H groups in total. The van der Waals surface area contributed by atoms with E-state index in [2.05, 4.69) is 27.7 Å². The molecule has 0 spiro atoms. The van der Waals surface area contributed by atoms with Crippen molar-refractivity contribution < 1.29 is 10.2 Å². The lowest BCUT2D eigenvalue weighted by atomic mass is 9.87. The fourth-order valence-electron chi connectivity index (χ4n) is 2.56. The minimum Gasteiger partial charge on any atom is -0.508 e. The van der Waals surface area contributed by atoms with Crippen LogP contribution in [-0.4, -0.2) is 10.2 Å². The van der Waals surface area contributed by atoms with Crippen LogP contribution in [0.15, 0.2) is 36.4 Å². The molecule has 0 radical (unpaired) electrons. The molecule has 0 aliphatic rings. The molecule has 106 valence electrons. The normalized spacial score (nSPS) is 11.3. The third-order valence-electron chi connectivity index (χ3n) is 3.61. The van der Waals surface area contributed by atoms with Crippen LogP contribution in [0, 0.1) is 0 Å². The molecule has 0 bridgehead atoms. The first kappa shape index (κ1) is 14.4. The summed E-state index contributed by atoms with van der Waals surface area (Å²) in [4.78, 5) is 0. The highest BCUT2D eigenvalue weighted by atomic mass is 16.3. The summed E-state index contributed by atoms with van der Waals surface area (Å²) in [7, 11) is 0. The Kier molecular flexibility index (Phi) is 4.03.